The zero-order chi connectivity index (χ0) is 20.5. The fourth-order valence-corrected chi connectivity index (χ4v) is 4.22. The molecule has 1 aliphatic rings. The van der Waals surface area contributed by atoms with Crippen LogP contribution in [0.4, 0.5) is 0 Å². The second-order valence-corrected chi connectivity index (χ2v) is 7.65. The third-order valence-electron chi connectivity index (χ3n) is 5.82. The minimum Gasteiger partial charge on any atom is -0.496 e. The van der Waals surface area contributed by atoms with Crippen LogP contribution in [-0.4, -0.2) is 40.9 Å². The first kappa shape index (κ1) is 18.4. The van der Waals surface area contributed by atoms with Crippen LogP contribution in [0.2, 0.25) is 0 Å². The lowest BCUT2D eigenvalue weighted by Crippen LogP contribution is -2.27. The highest BCUT2D eigenvalue weighted by atomic mass is 16.5. The molecule has 0 amide bonds. The SMILES string of the molecule is COc1ccccc1-c1c[nH]c2ncc(-c3cccc(C(=N)N4CCCC4)c3)cc12. The third-order valence-corrected chi connectivity index (χ3v) is 5.82. The largest absolute Gasteiger partial charge is 0.496 e. The first-order chi connectivity index (χ1) is 14.7. The van der Waals surface area contributed by atoms with Crippen molar-refractivity contribution in [3.05, 3.63) is 72.6 Å². The van der Waals surface area contributed by atoms with Crippen molar-refractivity contribution in [2.75, 3.05) is 20.2 Å². The first-order valence-electron chi connectivity index (χ1n) is 10.3. The van der Waals surface area contributed by atoms with Crippen LogP contribution >= 0.6 is 0 Å². The predicted molar refractivity (Wildman–Crippen MR) is 121 cm³/mol. The van der Waals surface area contributed by atoms with Crippen LogP contribution < -0.4 is 4.74 Å². The average molecular weight is 396 g/mol. The Morgan fingerprint density at radius 3 is 2.67 bits per heavy atom. The van der Waals surface area contributed by atoms with E-state index in [0.29, 0.717) is 5.84 Å². The normalized spacial score (nSPS) is 13.7. The lowest BCUT2D eigenvalue weighted by Gasteiger charge is -2.19. The summed E-state index contributed by atoms with van der Waals surface area (Å²) in [7, 11) is 1.69. The van der Waals surface area contributed by atoms with Crippen molar-refractivity contribution in [1.82, 2.24) is 14.9 Å². The number of hydrogen-bond donors (Lipinski definition) is 2. The Morgan fingerprint density at radius 2 is 1.83 bits per heavy atom. The number of aromatic nitrogens is 2. The minimum atomic E-state index is 0.611. The second-order valence-electron chi connectivity index (χ2n) is 7.65. The van der Waals surface area contributed by atoms with Gasteiger partial charge in [-0.2, -0.15) is 0 Å². The fraction of sp³-hybridized carbons (Fsp3) is 0.200. The molecule has 2 aromatic carbocycles. The predicted octanol–water partition coefficient (Wildman–Crippen LogP) is 5.33. The van der Waals surface area contributed by atoms with Gasteiger partial charge in [0.2, 0.25) is 0 Å². The van der Waals surface area contributed by atoms with Crippen LogP contribution in [0, 0.1) is 5.41 Å². The molecule has 0 saturated carbocycles. The van der Waals surface area contributed by atoms with E-state index in [0.717, 1.165) is 57.7 Å². The highest BCUT2D eigenvalue weighted by molar-refractivity contribution is 5.99. The maximum Gasteiger partial charge on any atom is 0.137 e. The van der Waals surface area contributed by atoms with Gasteiger partial charge in [-0.3, -0.25) is 5.41 Å². The van der Waals surface area contributed by atoms with Crippen LogP contribution in [0.3, 0.4) is 0 Å². The summed E-state index contributed by atoms with van der Waals surface area (Å²) < 4.78 is 5.56. The van der Waals surface area contributed by atoms with E-state index in [4.69, 9.17) is 10.1 Å². The van der Waals surface area contributed by atoms with E-state index >= 15 is 0 Å². The van der Waals surface area contributed by atoms with Gasteiger partial charge in [0.25, 0.3) is 0 Å². The quantitative estimate of drug-likeness (QED) is 0.362. The molecule has 5 heteroatoms. The number of nitrogens with one attached hydrogen (secondary N) is 2. The van der Waals surface area contributed by atoms with Crippen LogP contribution in [0.15, 0.2) is 67.0 Å². The van der Waals surface area contributed by atoms with Crippen LogP contribution in [-0.2, 0) is 0 Å². The van der Waals surface area contributed by atoms with Crippen molar-refractivity contribution < 1.29 is 4.74 Å². The van der Waals surface area contributed by atoms with Gasteiger partial charge in [-0.1, -0.05) is 36.4 Å². The number of nitrogens with zero attached hydrogens (tertiary/aromatic N) is 2. The highest BCUT2D eigenvalue weighted by Gasteiger charge is 2.17. The van der Waals surface area contributed by atoms with Crippen molar-refractivity contribution in [2.24, 2.45) is 0 Å². The van der Waals surface area contributed by atoms with Crippen molar-refractivity contribution in [3.63, 3.8) is 0 Å². The number of methoxy groups -OCH3 is 1. The van der Waals surface area contributed by atoms with E-state index in [1.54, 1.807) is 7.11 Å². The van der Waals surface area contributed by atoms with Gasteiger partial charge in [-0.15, -0.1) is 0 Å². The van der Waals surface area contributed by atoms with E-state index in [1.807, 2.05) is 42.7 Å². The minimum absolute atomic E-state index is 0.611. The Balaban J connectivity index is 1.56. The molecule has 1 aliphatic heterocycles. The van der Waals surface area contributed by atoms with Crippen molar-refractivity contribution in [2.45, 2.75) is 12.8 Å². The average Bonchev–Trinajstić information content (AvgIpc) is 3.48. The second kappa shape index (κ2) is 7.67. The molecule has 1 fully saturated rings. The first-order valence-corrected chi connectivity index (χ1v) is 10.3. The van der Waals surface area contributed by atoms with Gasteiger partial charge in [-0.05, 0) is 36.6 Å². The van der Waals surface area contributed by atoms with E-state index in [1.165, 1.54) is 12.8 Å². The van der Waals surface area contributed by atoms with Crippen molar-refractivity contribution in [1.29, 1.82) is 5.41 Å². The molecule has 2 aromatic heterocycles. The number of rotatable bonds is 4. The molecule has 150 valence electrons. The van der Waals surface area contributed by atoms with E-state index in [9.17, 15) is 0 Å². The van der Waals surface area contributed by atoms with Gasteiger partial charge in [0, 0.05) is 53.1 Å². The molecular formula is C25H24N4O. The molecule has 1 saturated heterocycles. The topological polar surface area (TPSA) is 65.0 Å². The summed E-state index contributed by atoms with van der Waals surface area (Å²) in [6, 6.07) is 18.4. The maximum atomic E-state index is 8.58. The number of fused-ring (bicyclic) bond motifs is 1. The summed E-state index contributed by atoms with van der Waals surface area (Å²) in [5, 5.41) is 9.63. The standard InChI is InChI=1S/C25H24N4O/c1-30-23-10-3-2-9-20(23)22-16-28-25-21(22)14-19(15-27-25)17-7-6-8-18(13-17)24(26)29-11-4-5-12-29/h2-3,6-10,13-16,26H,4-5,11-12H2,1H3,(H,27,28). The monoisotopic (exact) mass is 396 g/mol. The lowest BCUT2D eigenvalue weighted by molar-refractivity contribution is 0.416. The van der Waals surface area contributed by atoms with Crippen LogP contribution in [0.5, 0.6) is 5.75 Å². The summed E-state index contributed by atoms with van der Waals surface area (Å²) in [6.07, 6.45) is 6.21. The summed E-state index contributed by atoms with van der Waals surface area (Å²) >= 11 is 0. The number of pyridine rings is 1. The molecule has 0 bridgehead atoms. The van der Waals surface area contributed by atoms with Gasteiger partial charge in [0.1, 0.15) is 17.2 Å². The Bertz CT molecular complexity index is 1220. The Morgan fingerprint density at radius 1 is 1.00 bits per heavy atom. The maximum absolute atomic E-state index is 8.58. The fourth-order valence-electron chi connectivity index (χ4n) is 4.22. The molecule has 2 N–H and O–H groups in total. The van der Waals surface area contributed by atoms with Crippen molar-refractivity contribution >= 4 is 16.9 Å². The Hall–Kier alpha value is -3.60. The molecule has 0 unspecified atom stereocenters. The molecular weight excluding hydrogens is 372 g/mol. The number of amidine groups is 1. The number of ether oxygens (including phenoxy) is 1. The molecule has 30 heavy (non-hydrogen) atoms. The summed E-state index contributed by atoms with van der Waals surface area (Å²) in [4.78, 5) is 10.1. The van der Waals surface area contributed by atoms with E-state index in [-0.39, 0.29) is 0 Å². The molecule has 0 radical (unpaired) electrons. The Kier molecular flexibility index (Phi) is 4.71. The van der Waals surface area contributed by atoms with Crippen molar-refractivity contribution in [3.8, 4) is 28.0 Å². The summed E-state index contributed by atoms with van der Waals surface area (Å²) in [5.41, 5.74) is 6.01. The number of H-pyrrole nitrogens is 1. The van der Waals surface area contributed by atoms with Gasteiger partial charge >= 0.3 is 0 Å². The lowest BCUT2D eigenvalue weighted by atomic mass is 10.00. The number of benzene rings is 2. The summed E-state index contributed by atoms with van der Waals surface area (Å²) in [5.74, 6) is 1.45. The van der Waals surface area contributed by atoms with Gasteiger partial charge in [0.15, 0.2) is 0 Å². The van der Waals surface area contributed by atoms with Gasteiger partial charge in [-0.25, -0.2) is 4.98 Å². The molecule has 0 spiro atoms. The molecule has 0 aliphatic carbocycles. The highest BCUT2D eigenvalue weighted by Crippen LogP contribution is 2.36. The zero-order valence-electron chi connectivity index (χ0n) is 17.0. The Labute approximate surface area is 175 Å². The number of para-hydroxylation sites is 1. The molecule has 5 rings (SSSR count). The third kappa shape index (κ3) is 3.22. The van der Waals surface area contributed by atoms with Crippen LogP contribution in [0.1, 0.15) is 18.4 Å². The van der Waals surface area contributed by atoms with E-state index < -0.39 is 0 Å². The number of likely N-dealkylation sites (tertiary alicyclic amines) is 1. The molecule has 4 aromatic rings. The molecule has 3 heterocycles. The molecule has 0 atom stereocenters. The number of hydrogen-bond acceptors (Lipinski definition) is 3. The van der Waals surface area contributed by atoms with Gasteiger partial charge < -0.3 is 14.6 Å². The van der Waals surface area contributed by atoms with E-state index in [2.05, 4.69) is 39.1 Å². The summed E-state index contributed by atoms with van der Waals surface area (Å²) in [6.45, 7) is 1.95. The number of aromatic amines is 1. The van der Waals surface area contributed by atoms with Crippen LogP contribution in [0.25, 0.3) is 33.3 Å². The smallest absolute Gasteiger partial charge is 0.137 e. The zero-order valence-corrected chi connectivity index (χ0v) is 17.0. The molecule has 5 nitrogen and oxygen atoms in total. The van der Waals surface area contributed by atoms with Gasteiger partial charge in [0.05, 0.1) is 7.11 Å².